The van der Waals surface area contributed by atoms with Crippen LogP contribution in [-0.2, 0) is 9.47 Å². The van der Waals surface area contributed by atoms with Gasteiger partial charge in [-0.3, -0.25) is 4.79 Å². The largest absolute Gasteiger partial charge is 0.469 e. The van der Waals surface area contributed by atoms with Crippen LogP contribution < -0.4 is 11.5 Å². The number of aliphatic imine (C=N–C) groups is 1. The van der Waals surface area contributed by atoms with Crippen LogP contribution in [0.1, 0.15) is 9.67 Å². The summed E-state index contributed by atoms with van der Waals surface area (Å²) in [6.45, 7) is 4.35. The maximum atomic E-state index is 10.4. The summed E-state index contributed by atoms with van der Waals surface area (Å²) < 4.78 is 10.1. The van der Waals surface area contributed by atoms with Crippen molar-refractivity contribution in [1.82, 2.24) is 4.98 Å². The highest BCUT2D eigenvalue weighted by atomic mass is 32.1. The molecule has 0 radical (unpaired) electrons. The molecule has 1 aliphatic rings. The Hall–Kier alpha value is -2.97. The van der Waals surface area contributed by atoms with Gasteiger partial charge in [0.15, 0.2) is 13.1 Å². The molecule has 0 bridgehead atoms. The van der Waals surface area contributed by atoms with Gasteiger partial charge in [0.1, 0.15) is 17.2 Å². The van der Waals surface area contributed by atoms with Crippen LogP contribution in [0, 0.1) is 0 Å². The summed E-state index contributed by atoms with van der Waals surface area (Å²) >= 11 is 1.35. The fourth-order valence-electron chi connectivity index (χ4n) is 1.92. The van der Waals surface area contributed by atoms with E-state index in [0.717, 1.165) is 22.3 Å². The molecule has 3 heterocycles. The molecule has 130 valence electrons. The second-order valence-electron chi connectivity index (χ2n) is 4.71. The maximum absolute atomic E-state index is 10.4. The summed E-state index contributed by atoms with van der Waals surface area (Å²) in [4.78, 5) is 19.9. The molecule has 0 spiro atoms. The van der Waals surface area contributed by atoms with Crippen molar-refractivity contribution in [3.05, 3.63) is 59.5 Å². The van der Waals surface area contributed by atoms with Gasteiger partial charge in [0.05, 0.1) is 16.9 Å². The van der Waals surface area contributed by atoms with E-state index in [9.17, 15) is 4.79 Å². The molecule has 0 aliphatic carbocycles. The second kappa shape index (κ2) is 9.36. The molecule has 0 aromatic carbocycles. The molecule has 3 rings (SSSR count). The number of nitrogen functional groups attached to an aromatic ring is 1. The number of carbonyl (C=O) groups excluding carboxylic acids is 1. The van der Waals surface area contributed by atoms with Crippen molar-refractivity contribution in [2.75, 3.05) is 19.1 Å². The van der Waals surface area contributed by atoms with Crippen molar-refractivity contribution in [3.8, 4) is 0 Å². The third-order valence-electron chi connectivity index (χ3n) is 3.00. The Morgan fingerprint density at radius 3 is 2.92 bits per heavy atom. The number of pyridine rings is 1. The monoisotopic (exact) mass is 358 g/mol. The van der Waals surface area contributed by atoms with E-state index >= 15 is 0 Å². The smallest absolute Gasteiger partial charge is 0.189 e. The van der Waals surface area contributed by atoms with Gasteiger partial charge in [0.2, 0.25) is 0 Å². The number of allylic oxidation sites excluding steroid dienone is 3. The minimum atomic E-state index is 0.305. The zero-order valence-electron chi connectivity index (χ0n) is 13.4. The average Bonchev–Trinajstić information content (AvgIpc) is 3.26. The number of aldehydes is 1. The lowest BCUT2D eigenvalue weighted by Gasteiger charge is -1.95. The van der Waals surface area contributed by atoms with E-state index in [-0.39, 0.29) is 0 Å². The predicted molar refractivity (Wildman–Crippen MR) is 100 cm³/mol. The molecular formula is C17H18N4O3S. The van der Waals surface area contributed by atoms with E-state index < -0.39 is 0 Å². The Bertz CT molecular complexity index is 832. The minimum Gasteiger partial charge on any atom is -0.469 e. The molecule has 0 amide bonds. The topological polar surface area (TPSA) is 113 Å². The number of hydrogen-bond donors (Lipinski definition) is 2. The van der Waals surface area contributed by atoms with Crippen molar-refractivity contribution < 1.29 is 14.3 Å². The van der Waals surface area contributed by atoms with Gasteiger partial charge >= 0.3 is 0 Å². The van der Waals surface area contributed by atoms with Crippen LogP contribution >= 0.6 is 11.3 Å². The SMILES string of the molecule is C=C/C=C(\C=C1/COCO1)N=CN.Nc1ccnc2sc(C=O)cc12. The Kier molecular flexibility index (Phi) is 6.87. The van der Waals surface area contributed by atoms with Gasteiger partial charge in [-0.1, -0.05) is 12.7 Å². The first-order valence-electron chi connectivity index (χ1n) is 7.25. The fourth-order valence-corrected chi connectivity index (χ4v) is 2.77. The Balaban J connectivity index is 0.000000181. The zero-order valence-corrected chi connectivity index (χ0v) is 14.2. The van der Waals surface area contributed by atoms with Crippen molar-refractivity contribution >= 4 is 39.9 Å². The van der Waals surface area contributed by atoms with Crippen molar-refractivity contribution in [3.63, 3.8) is 0 Å². The van der Waals surface area contributed by atoms with Crippen molar-refractivity contribution in [2.45, 2.75) is 0 Å². The summed E-state index contributed by atoms with van der Waals surface area (Å²) in [5, 5.41) is 0.865. The number of nitrogens with two attached hydrogens (primary N) is 2. The molecule has 1 aliphatic heterocycles. The molecule has 4 N–H and O–H groups in total. The molecule has 7 nitrogen and oxygen atoms in total. The summed E-state index contributed by atoms with van der Waals surface area (Å²) in [5.74, 6) is 0.749. The van der Waals surface area contributed by atoms with Crippen LogP contribution in [0.15, 0.2) is 59.6 Å². The number of nitrogens with zero attached hydrogens (tertiary/aromatic N) is 2. The third-order valence-corrected chi connectivity index (χ3v) is 3.97. The van der Waals surface area contributed by atoms with E-state index in [0.29, 0.717) is 29.7 Å². The molecule has 0 atom stereocenters. The quantitative estimate of drug-likeness (QED) is 0.376. The van der Waals surface area contributed by atoms with Gasteiger partial charge < -0.3 is 20.9 Å². The van der Waals surface area contributed by atoms with Crippen LogP contribution in [0.5, 0.6) is 0 Å². The number of rotatable bonds is 4. The van der Waals surface area contributed by atoms with Crippen LogP contribution in [0.3, 0.4) is 0 Å². The normalized spacial score (nSPS) is 15.8. The van der Waals surface area contributed by atoms with Gasteiger partial charge in [-0.05, 0) is 18.2 Å². The molecule has 1 fully saturated rings. The highest BCUT2D eigenvalue weighted by molar-refractivity contribution is 7.20. The van der Waals surface area contributed by atoms with Gasteiger partial charge in [-0.25, -0.2) is 9.98 Å². The van der Waals surface area contributed by atoms with Gasteiger partial charge in [0.25, 0.3) is 0 Å². The maximum Gasteiger partial charge on any atom is 0.189 e. The van der Waals surface area contributed by atoms with Crippen LogP contribution in [0.25, 0.3) is 10.2 Å². The molecule has 2 aromatic heterocycles. The second-order valence-corrected chi connectivity index (χ2v) is 5.77. The molecular weight excluding hydrogens is 340 g/mol. The number of hydrogen-bond acceptors (Lipinski definition) is 7. The van der Waals surface area contributed by atoms with Crippen LogP contribution in [-0.4, -0.2) is 31.0 Å². The van der Waals surface area contributed by atoms with Gasteiger partial charge in [-0.2, -0.15) is 0 Å². The molecule has 25 heavy (non-hydrogen) atoms. The number of carbonyl (C=O) groups is 1. The van der Waals surface area contributed by atoms with Crippen molar-refractivity contribution in [1.29, 1.82) is 0 Å². The van der Waals surface area contributed by atoms with E-state index in [1.54, 1.807) is 36.6 Å². The highest BCUT2D eigenvalue weighted by Gasteiger charge is 2.07. The Morgan fingerprint density at radius 1 is 1.48 bits per heavy atom. The first-order valence-corrected chi connectivity index (χ1v) is 8.07. The summed E-state index contributed by atoms with van der Waals surface area (Å²) in [6, 6.07) is 3.49. The van der Waals surface area contributed by atoms with Gasteiger partial charge in [-0.15, -0.1) is 11.3 Å². The summed E-state index contributed by atoms with van der Waals surface area (Å²) in [5.41, 5.74) is 12.2. The van der Waals surface area contributed by atoms with E-state index in [1.807, 2.05) is 0 Å². The van der Waals surface area contributed by atoms with Crippen LogP contribution in [0.4, 0.5) is 5.69 Å². The van der Waals surface area contributed by atoms with E-state index in [2.05, 4.69) is 16.6 Å². The van der Waals surface area contributed by atoms with Crippen molar-refractivity contribution in [2.24, 2.45) is 10.7 Å². The van der Waals surface area contributed by atoms with Gasteiger partial charge in [0, 0.05) is 23.3 Å². The Morgan fingerprint density at radius 2 is 2.32 bits per heavy atom. The molecule has 1 saturated heterocycles. The average molecular weight is 358 g/mol. The summed E-state index contributed by atoms with van der Waals surface area (Å²) in [6.07, 6.45) is 8.81. The lowest BCUT2D eigenvalue weighted by molar-refractivity contribution is 0.0800. The first-order chi connectivity index (χ1) is 12.2. The molecule has 8 heteroatoms. The highest BCUT2D eigenvalue weighted by Crippen LogP contribution is 2.26. The number of aromatic nitrogens is 1. The molecule has 0 saturated carbocycles. The van der Waals surface area contributed by atoms with E-state index in [1.165, 1.54) is 17.7 Å². The lowest BCUT2D eigenvalue weighted by atomic mass is 10.3. The fraction of sp³-hybridized carbons (Fsp3) is 0.118. The number of ether oxygens (including phenoxy) is 2. The molecule has 0 unspecified atom stereocenters. The number of fused-ring (bicyclic) bond motifs is 1. The number of thiophene rings is 1. The zero-order chi connectivity index (χ0) is 18.1. The third kappa shape index (κ3) is 5.27. The predicted octanol–water partition coefficient (Wildman–Crippen LogP) is 2.62. The number of anilines is 1. The van der Waals surface area contributed by atoms with Crippen LogP contribution in [0.2, 0.25) is 0 Å². The minimum absolute atomic E-state index is 0.305. The Labute approximate surface area is 149 Å². The summed E-state index contributed by atoms with van der Waals surface area (Å²) in [7, 11) is 0. The first kappa shape index (κ1) is 18.4. The molecule has 2 aromatic rings. The standard InChI is InChI=1S/C9H12N2O2.C8H6N2OS/c1-2-3-8(11-6-10)4-9-5-12-7-13-9;9-7-1-2-10-8-6(7)3-5(4-11)12-8/h2-4,6H,1,5,7H2,(H2,10,11);1-4H,(H2,9,10)/b8-3+,9-4+;. The lowest BCUT2D eigenvalue weighted by Crippen LogP contribution is -1.90. The van der Waals surface area contributed by atoms with E-state index in [4.69, 9.17) is 20.9 Å².